The molecule has 2 N–H and O–H groups in total. The van der Waals surface area contributed by atoms with E-state index >= 15 is 0 Å². The second-order valence-electron chi connectivity index (χ2n) is 6.44. The standard InChI is InChI=1S/C21H21F3N4O2/c1-30-18-14-28(17-10-5-7-15(13-17)21(22,23)24)27-19(18)20(29)26-12-6-11-25-16-8-3-2-4-9-16/h2-5,7-10,13-14,25H,6,11-12H2,1H3,(H,26,29). The Morgan fingerprint density at radius 2 is 1.87 bits per heavy atom. The Hall–Kier alpha value is -3.49. The fourth-order valence-corrected chi connectivity index (χ4v) is 2.78. The Balaban J connectivity index is 1.62. The summed E-state index contributed by atoms with van der Waals surface area (Å²) in [6.07, 6.45) is -2.42. The molecule has 1 amide bonds. The van der Waals surface area contributed by atoms with Crippen LogP contribution in [-0.2, 0) is 6.18 Å². The largest absolute Gasteiger partial charge is 0.493 e. The number of methoxy groups -OCH3 is 1. The SMILES string of the molecule is COc1cn(-c2cccc(C(F)(F)F)c2)nc1C(=O)NCCCNc1ccccc1. The average molecular weight is 418 g/mol. The Morgan fingerprint density at radius 1 is 1.10 bits per heavy atom. The van der Waals surface area contributed by atoms with Crippen LogP contribution >= 0.6 is 0 Å². The van der Waals surface area contributed by atoms with Gasteiger partial charge in [-0.05, 0) is 36.8 Å². The molecule has 0 saturated heterocycles. The van der Waals surface area contributed by atoms with Gasteiger partial charge in [0.15, 0.2) is 11.4 Å². The zero-order chi connectivity index (χ0) is 21.6. The van der Waals surface area contributed by atoms with Crippen LogP contribution in [0.2, 0.25) is 0 Å². The Morgan fingerprint density at radius 3 is 2.57 bits per heavy atom. The second-order valence-corrected chi connectivity index (χ2v) is 6.44. The van der Waals surface area contributed by atoms with E-state index < -0.39 is 17.6 Å². The van der Waals surface area contributed by atoms with Gasteiger partial charge in [-0.2, -0.15) is 18.3 Å². The van der Waals surface area contributed by atoms with Gasteiger partial charge in [-0.25, -0.2) is 4.68 Å². The normalized spacial score (nSPS) is 11.2. The Kier molecular flexibility index (Phi) is 6.61. The highest BCUT2D eigenvalue weighted by Crippen LogP contribution is 2.30. The number of alkyl halides is 3. The summed E-state index contributed by atoms with van der Waals surface area (Å²) in [5.74, 6) is -0.287. The summed E-state index contributed by atoms with van der Waals surface area (Å²) in [5.41, 5.74) is 0.372. The molecule has 0 fully saturated rings. The number of hydrogen-bond donors (Lipinski definition) is 2. The van der Waals surface area contributed by atoms with Crippen molar-refractivity contribution >= 4 is 11.6 Å². The zero-order valence-corrected chi connectivity index (χ0v) is 16.2. The molecule has 0 radical (unpaired) electrons. The van der Waals surface area contributed by atoms with Gasteiger partial charge in [0.1, 0.15) is 0 Å². The summed E-state index contributed by atoms with van der Waals surface area (Å²) in [5, 5.41) is 10.1. The van der Waals surface area contributed by atoms with Gasteiger partial charge in [0.25, 0.3) is 5.91 Å². The first-order valence-electron chi connectivity index (χ1n) is 9.27. The van der Waals surface area contributed by atoms with E-state index in [2.05, 4.69) is 15.7 Å². The molecule has 0 aliphatic carbocycles. The maximum atomic E-state index is 12.9. The number of amides is 1. The number of hydrogen-bond acceptors (Lipinski definition) is 4. The number of carbonyl (C=O) groups excluding carboxylic acids is 1. The predicted molar refractivity (Wildman–Crippen MR) is 107 cm³/mol. The number of nitrogens with one attached hydrogen (secondary N) is 2. The zero-order valence-electron chi connectivity index (χ0n) is 16.2. The first-order chi connectivity index (χ1) is 14.4. The molecule has 158 valence electrons. The van der Waals surface area contributed by atoms with E-state index in [0.29, 0.717) is 19.5 Å². The molecule has 1 heterocycles. The van der Waals surface area contributed by atoms with Crippen LogP contribution in [0.1, 0.15) is 22.5 Å². The molecule has 0 aliphatic heterocycles. The van der Waals surface area contributed by atoms with Crippen LogP contribution < -0.4 is 15.4 Å². The van der Waals surface area contributed by atoms with E-state index in [1.54, 1.807) is 0 Å². The minimum absolute atomic E-state index is 0.00549. The van der Waals surface area contributed by atoms with Gasteiger partial charge >= 0.3 is 6.18 Å². The number of benzene rings is 2. The minimum Gasteiger partial charge on any atom is -0.493 e. The van der Waals surface area contributed by atoms with Crippen molar-refractivity contribution < 1.29 is 22.7 Å². The van der Waals surface area contributed by atoms with Crippen molar-refractivity contribution in [3.8, 4) is 11.4 Å². The number of halogens is 3. The highest BCUT2D eigenvalue weighted by molar-refractivity contribution is 5.94. The van der Waals surface area contributed by atoms with Crippen molar-refractivity contribution in [3.05, 3.63) is 72.1 Å². The van der Waals surface area contributed by atoms with Crippen LogP contribution in [-0.4, -0.2) is 35.9 Å². The number of nitrogens with zero attached hydrogens (tertiary/aromatic N) is 2. The summed E-state index contributed by atoms with van der Waals surface area (Å²) >= 11 is 0. The van der Waals surface area contributed by atoms with Gasteiger partial charge in [0.2, 0.25) is 0 Å². The maximum Gasteiger partial charge on any atom is 0.416 e. The molecule has 6 nitrogen and oxygen atoms in total. The topological polar surface area (TPSA) is 68.2 Å². The minimum atomic E-state index is -4.47. The summed E-state index contributed by atoms with van der Waals surface area (Å²) in [6.45, 7) is 1.07. The molecule has 3 rings (SSSR count). The van der Waals surface area contributed by atoms with Gasteiger partial charge in [-0.1, -0.05) is 24.3 Å². The van der Waals surface area contributed by atoms with Crippen molar-refractivity contribution in [2.75, 3.05) is 25.5 Å². The second kappa shape index (κ2) is 9.34. The molecule has 9 heteroatoms. The lowest BCUT2D eigenvalue weighted by Gasteiger charge is -2.08. The van der Waals surface area contributed by atoms with Gasteiger partial charge in [-0.3, -0.25) is 4.79 Å². The third kappa shape index (κ3) is 5.31. The van der Waals surface area contributed by atoms with Crippen LogP contribution in [0.3, 0.4) is 0 Å². The molecule has 30 heavy (non-hydrogen) atoms. The van der Waals surface area contributed by atoms with Crippen LogP contribution in [0.5, 0.6) is 5.75 Å². The molecule has 0 aliphatic rings. The van der Waals surface area contributed by atoms with E-state index in [-0.39, 0.29) is 17.1 Å². The molecule has 0 unspecified atom stereocenters. The fraction of sp³-hybridized carbons (Fsp3) is 0.238. The summed E-state index contributed by atoms with van der Waals surface area (Å²) < 4.78 is 45.2. The van der Waals surface area contributed by atoms with Crippen molar-refractivity contribution in [1.82, 2.24) is 15.1 Å². The highest BCUT2D eigenvalue weighted by atomic mass is 19.4. The van der Waals surface area contributed by atoms with Gasteiger partial charge in [0.05, 0.1) is 24.6 Å². The van der Waals surface area contributed by atoms with Gasteiger partial charge < -0.3 is 15.4 Å². The molecular formula is C21H21F3N4O2. The number of anilines is 1. The predicted octanol–water partition coefficient (Wildman–Crippen LogP) is 4.13. The molecule has 0 bridgehead atoms. The highest BCUT2D eigenvalue weighted by Gasteiger charge is 2.30. The quantitative estimate of drug-likeness (QED) is 0.540. The van der Waals surface area contributed by atoms with Crippen LogP contribution in [0.15, 0.2) is 60.8 Å². The Labute approximate surface area is 171 Å². The van der Waals surface area contributed by atoms with E-state index in [1.165, 1.54) is 30.1 Å². The van der Waals surface area contributed by atoms with Gasteiger partial charge in [0, 0.05) is 18.8 Å². The van der Waals surface area contributed by atoms with Crippen LogP contribution in [0.25, 0.3) is 5.69 Å². The van der Waals surface area contributed by atoms with Crippen molar-refractivity contribution in [1.29, 1.82) is 0 Å². The Bertz CT molecular complexity index is 987. The van der Waals surface area contributed by atoms with E-state index in [4.69, 9.17) is 4.74 Å². The molecule has 0 saturated carbocycles. The number of rotatable bonds is 8. The summed E-state index contributed by atoms with van der Waals surface area (Å²) in [4.78, 5) is 12.5. The summed E-state index contributed by atoms with van der Waals surface area (Å²) in [6, 6.07) is 14.4. The molecular weight excluding hydrogens is 397 g/mol. The fourth-order valence-electron chi connectivity index (χ4n) is 2.78. The number of aromatic nitrogens is 2. The lowest BCUT2D eigenvalue weighted by Crippen LogP contribution is -2.26. The third-order valence-corrected chi connectivity index (χ3v) is 4.30. The van der Waals surface area contributed by atoms with Crippen molar-refractivity contribution in [2.24, 2.45) is 0 Å². The van der Waals surface area contributed by atoms with Gasteiger partial charge in [-0.15, -0.1) is 0 Å². The molecule has 3 aromatic rings. The average Bonchev–Trinajstić information content (AvgIpc) is 3.18. The van der Waals surface area contributed by atoms with E-state index in [1.807, 2.05) is 30.3 Å². The lowest BCUT2D eigenvalue weighted by atomic mass is 10.2. The van der Waals surface area contributed by atoms with Crippen LogP contribution in [0.4, 0.5) is 18.9 Å². The first-order valence-corrected chi connectivity index (χ1v) is 9.27. The monoisotopic (exact) mass is 418 g/mol. The smallest absolute Gasteiger partial charge is 0.416 e. The van der Waals surface area contributed by atoms with E-state index in [9.17, 15) is 18.0 Å². The van der Waals surface area contributed by atoms with Crippen molar-refractivity contribution in [3.63, 3.8) is 0 Å². The first kappa shape index (κ1) is 21.2. The molecule has 1 aromatic heterocycles. The third-order valence-electron chi connectivity index (χ3n) is 4.30. The molecule has 0 spiro atoms. The number of ether oxygens (including phenoxy) is 1. The van der Waals surface area contributed by atoms with Crippen molar-refractivity contribution in [2.45, 2.75) is 12.6 Å². The molecule has 2 aromatic carbocycles. The maximum absolute atomic E-state index is 12.9. The van der Waals surface area contributed by atoms with E-state index in [0.717, 1.165) is 17.8 Å². The number of para-hydroxylation sites is 1. The number of carbonyl (C=O) groups is 1. The summed E-state index contributed by atoms with van der Waals surface area (Å²) in [7, 11) is 1.37. The van der Waals surface area contributed by atoms with Crippen LogP contribution in [0, 0.1) is 0 Å². The lowest BCUT2D eigenvalue weighted by molar-refractivity contribution is -0.137. The molecule has 0 atom stereocenters.